The molecule has 0 amide bonds. The molecule has 1 fully saturated rings. The quantitative estimate of drug-likeness (QED) is 0.679. The SMILES string of the molecule is CCOC1CC(NCCS(=O)(=O)CC)C1OC. The van der Waals surface area contributed by atoms with Gasteiger partial charge in [0, 0.05) is 32.1 Å². The predicted octanol–water partition coefficient (Wildman–Crippen LogP) is 0.203. The highest BCUT2D eigenvalue weighted by molar-refractivity contribution is 7.91. The largest absolute Gasteiger partial charge is 0.377 e. The number of hydrogen-bond acceptors (Lipinski definition) is 5. The second-order valence-corrected chi connectivity index (χ2v) is 6.70. The second-order valence-electron chi connectivity index (χ2n) is 4.23. The fourth-order valence-electron chi connectivity index (χ4n) is 2.02. The lowest BCUT2D eigenvalue weighted by atomic mass is 9.85. The fourth-order valence-corrected chi connectivity index (χ4v) is 2.74. The minimum Gasteiger partial charge on any atom is -0.377 e. The highest BCUT2D eigenvalue weighted by Gasteiger charge is 2.41. The van der Waals surface area contributed by atoms with Gasteiger partial charge in [0.05, 0.1) is 18.0 Å². The summed E-state index contributed by atoms with van der Waals surface area (Å²) < 4.78 is 33.5. The predicted molar refractivity (Wildman–Crippen MR) is 66.9 cm³/mol. The van der Waals surface area contributed by atoms with Gasteiger partial charge in [0.15, 0.2) is 9.84 Å². The molecule has 0 aromatic heterocycles. The van der Waals surface area contributed by atoms with Gasteiger partial charge in [-0.15, -0.1) is 0 Å². The molecule has 1 rings (SSSR count). The van der Waals surface area contributed by atoms with Gasteiger partial charge < -0.3 is 14.8 Å². The topological polar surface area (TPSA) is 64.6 Å². The van der Waals surface area contributed by atoms with Gasteiger partial charge in [0.1, 0.15) is 0 Å². The first-order valence-corrected chi connectivity index (χ1v) is 7.94. The molecule has 0 bridgehead atoms. The molecule has 0 saturated heterocycles. The molecule has 102 valence electrons. The van der Waals surface area contributed by atoms with Crippen LogP contribution in [0, 0.1) is 0 Å². The Morgan fingerprint density at radius 3 is 2.59 bits per heavy atom. The van der Waals surface area contributed by atoms with Crippen molar-refractivity contribution in [3.63, 3.8) is 0 Å². The first-order valence-electron chi connectivity index (χ1n) is 6.12. The van der Waals surface area contributed by atoms with Gasteiger partial charge >= 0.3 is 0 Å². The summed E-state index contributed by atoms with van der Waals surface area (Å²) in [5, 5.41) is 3.21. The lowest BCUT2D eigenvalue weighted by Crippen LogP contribution is -2.60. The van der Waals surface area contributed by atoms with Crippen LogP contribution in [0.3, 0.4) is 0 Å². The number of nitrogens with one attached hydrogen (secondary N) is 1. The number of sulfone groups is 1. The van der Waals surface area contributed by atoms with Gasteiger partial charge in [-0.25, -0.2) is 8.42 Å². The van der Waals surface area contributed by atoms with Crippen LogP contribution in [0.5, 0.6) is 0 Å². The van der Waals surface area contributed by atoms with E-state index in [4.69, 9.17) is 9.47 Å². The van der Waals surface area contributed by atoms with E-state index in [0.717, 1.165) is 6.42 Å². The maximum absolute atomic E-state index is 11.3. The van der Waals surface area contributed by atoms with Crippen molar-refractivity contribution >= 4 is 9.84 Å². The third-order valence-electron chi connectivity index (χ3n) is 3.16. The summed E-state index contributed by atoms with van der Waals surface area (Å²) in [4.78, 5) is 0. The van der Waals surface area contributed by atoms with Crippen LogP contribution in [0.4, 0.5) is 0 Å². The smallest absolute Gasteiger partial charge is 0.151 e. The van der Waals surface area contributed by atoms with E-state index in [9.17, 15) is 8.42 Å². The summed E-state index contributed by atoms with van der Waals surface area (Å²) in [5.41, 5.74) is 0. The first kappa shape index (κ1) is 14.9. The minimum absolute atomic E-state index is 0.0410. The normalized spacial score (nSPS) is 29.0. The van der Waals surface area contributed by atoms with Crippen molar-refractivity contribution in [2.45, 2.75) is 38.5 Å². The van der Waals surface area contributed by atoms with E-state index >= 15 is 0 Å². The molecule has 6 heteroatoms. The van der Waals surface area contributed by atoms with Gasteiger partial charge in [0.25, 0.3) is 0 Å². The van der Waals surface area contributed by atoms with E-state index in [2.05, 4.69) is 5.32 Å². The van der Waals surface area contributed by atoms with Crippen LogP contribution in [0.1, 0.15) is 20.3 Å². The van der Waals surface area contributed by atoms with Crippen LogP contribution in [0.2, 0.25) is 0 Å². The second kappa shape index (κ2) is 6.68. The monoisotopic (exact) mass is 265 g/mol. The highest BCUT2D eigenvalue weighted by Crippen LogP contribution is 2.26. The number of hydrogen-bond donors (Lipinski definition) is 1. The summed E-state index contributed by atoms with van der Waals surface area (Å²) >= 11 is 0. The molecular formula is C11H23NO4S. The van der Waals surface area contributed by atoms with Crippen molar-refractivity contribution in [1.29, 1.82) is 0 Å². The molecular weight excluding hydrogens is 242 g/mol. The lowest BCUT2D eigenvalue weighted by molar-refractivity contribution is -0.130. The van der Waals surface area contributed by atoms with E-state index in [0.29, 0.717) is 13.2 Å². The zero-order valence-corrected chi connectivity index (χ0v) is 11.6. The van der Waals surface area contributed by atoms with Crippen LogP contribution in [-0.4, -0.2) is 58.4 Å². The molecule has 1 N–H and O–H groups in total. The van der Waals surface area contributed by atoms with Crippen molar-refractivity contribution in [2.75, 3.05) is 31.8 Å². The van der Waals surface area contributed by atoms with Crippen LogP contribution in [-0.2, 0) is 19.3 Å². The van der Waals surface area contributed by atoms with Gasteiger partial charge in [-0.05, 0) is 13.3 Å². The molecule has 1 saturated carbocycles. The summed E-state index contributed by atoms with van der Waals surface area (Å²) in [6, 6.07) is 0.212. The molecule has 17 heavy (non-hydrogen) atoms. The van der Waals surface area contributed by atoms with Crippen molar-refractivity contribution in [2.24, 2.45) is 0 Å². The molecule has 1 aliphatic rings. The van der Waals surface area contributed by atoms with Crippen molar-refractivity contribution in [3.05, 3.63) is 0 Å². The Kier molecular flexibility index (Phi) is 5.85. The summed E-state index contributed by atoms with van der Waals surface area (Å²) in [7, 11) is -1.22. The summed E-state index contributed by atoms with van der Waals surface area (Å²) in [6.45, 7) is 4.80. The van der Waals surface area contributed by atoms with Gasteiger partial charge in [-0.3, -0.25) is 0 Å². The molecule has 0 aromatic rings. The summed E-state index contributed by atoms with van der Waals surface area (Å²) in [6.07, 6.45) is 1.07. The molecule has 3 unspecified atom stereocenters. The Balaban J connectivity index is 2.25. The zero-order chi connectivity index (χ0) is 12.9. The highest BCUT2D eigenvalue weighted by atomic mass is 32.2. The summed E-state index contributed by atoms with van der Waals surface area (Å²) in [5.74, 6) is 0.393. The van der Waals surface area contributed by atoms with E-state index < -0.39 is 9.84 Å². The number of rotatable bonds is 8. The van der Waals surface area contributed by atoms with E-state index in [1.165, 1.54) is 0 Å². The van der Waals surface area contributed by atoms with Gasteiger partial charge in [-0.1, -0.05) is 6.92 Å². The lowest BCUT2D eigenvalue weighted by Gasteiger charge is -2.43. The molecule has 0 heterocycles. The third kappa shape index (κ3) is 4.21. The molecule has 1 aliphatic carbocycles. The fraction of sp³-hybridized carbons (Fsp3) is 1.00. The molecule has 5 nitrogen and oxygen atoms in total. The van der Waals surface area contributed by atoms with E-state index in [1.54, 1.807) is 14.0 Å². The number of methoxy groups -OCH3 is 1. The number of ether oxygens (including phenoxy) is 2. The first-order chi connectivity index (χ1) is 8.04. The Labute approximate surface area is 104 Å². The van der Waals surface area contributed by atoms with E-state index in [-0.39, 0.29) is 29.8 Å². The zero-order valence-electron chi connectivity index (χ0n) is 10.8. The Morgan fingerprint density at radius 1 is 1.35 bits per heavy atom. The van der Waals surface area contributed by atoms with Crippen LogP contribution >= 0.6 is 0 Å². The standard InChI is InChI=1S/C11H23NO4S/c1-4-16-10-8-9(11(10)15-3)12-6-7-17(13,14)5-2/h9-12H,4-8H2,1-3H3. The van der Waals surface area contributed by atoms with Gasteiger partial charge in [-0.2, -0.15) is 0 Å². The maximum Gasteiger partial charge on any atom is 0.151 e. The average Bonchev–Trinajstić information content (AvgIpc) is 2.27. The van der Waals surface area contributed by atoms with Gasteiger partial charge in [0.2, 0.25) is 0 Å². The molecule has 0 radical (unpaired) electrons. The van der Waals surface area contributed by atoms with Crippen LogP contribution in [0.15, 0.2) is 0 Å². The molecule has 3 atom stereocenters. The molecule has 0 aromatic carbocycles. The van der Waals surface area contributed by atoms with E-state index in [1.807, 2.05) is 6.92 Å². The average molecular weight is 265 g/mol. The molecule has 0 aliphatic heterocycles. The van der Waals surface area contributed by atoms with Crippen molar-refractivity contribution < 1.29 is 17.9 Å². The van der Waals surface area contributed by atoms with Crippen LogP contribution in [0.25, 0.3) is 0 Å². The third-order valence-corrected chi connectivity index (χ3v) is 4.87. The maximum atomic E-state index is 11.3. The molecule has 0 spiro atoms. The Bertz CT molecular complexity index is 317. The van der Waals surface area contributed by atoms with Crippen molar-refractivity contribution in [1.82, 2.24) is 5.32 Å². The van der Waals surface area contributed by atoms with Crippen molar-refractivity contribution in [3.8, 4) is 0 Å². The Morgan fingerprint density at radius 2 is 2.06 bits per heavy atom. The van der Waals surface area contributed by atoms with Crippen LogP contribution < -0.4 is 5.32 Å². The minimum atomic E-state index is -2.88. The Hall–Kier alpha value is -0.170.